The van der Waals surface area contributed by atoms with Crippen molar-refractivity contribution in [3.8, 4) is 5.69 Å². The van der Waals surface area contributed by atoms with Gasteiger partial charge in [0.15, 0.2) is 0 Å². The summed E-state index contributed by atoms with van der Waals surface area (Å²) >= 11 is 0. The lowest BCUT2D eigenvalue weighted by Crippen LogP contribution is -2.32. The molecule has 1 aromatic heterocycles. The van der Waals surface area contributed by atoms with Crippen molar-refractivity contribution in [2.75, 3.05) is 6.54 Å². The Balaban J connectivity index is 1.66. The number of tetrazole rings is 1. The molecule has 0 saturated carbocycles. The highest BCUT2D eigenvalue weighted by molar-refractivity contribution is 5.78. The third-order valence-corrected chi connectivity index (χ3v) is 4.58. The van der Waals surface area contributed by atoms with Crippen molar-refractivity contribution < 1.29 is 9.18 Å². The molecule has 1 amide bonds. The number of rotatable bonds is 9. The fraction of sp³-hybridized carbons (Fsp3) is 0.333. The lowest BCUT2D eigenvalue weighted by molar-refractivity contribution is -0.131. The van der Waals surface area contributed by atoms with Crippen LogP contribution >= 0.6 is 0 Å². The summed E-state index contributed by atoms with van der Waals surface area (Å²) in [5.74, 6) is -0.203. The molecule has 0 spiro atoms. The Labute approximate surface area is 164 Å². The summed E-state index contributed by atoms with van der Waals surface area (Å²) in [4.78, 5) is 14.8. The summed E-state index contributed by atoms with van der Waals surface area (Å²) in [6.07, 6.45) is 4.98. The molecule has 146 valence electrons. The van der Waals surface area contributed by atoms with Crippen molar-refractivity contribution >= 4 is 5.91 Å². The Hall–Kier alpha value is -3.09. The van der Waals surface area contributed by atoms with E-state index in [1.165, 1.54) is 18.5 Å². The number of hydrogen-bond donors (Lipinski definition) is 0. The third kappa shape index (κ3) is 5.45. The van der Waals surface area contributed by atoms with E-state index in [9.17, 15) is 9.18 Å². The van der Waals surface area contributed by atoms with Gasteiger partial charge in [0.1, 0.15) is 12.1 Å². The first-order chi connectivity index (χ1) is 13.7. The number of carbonyl (C=O) groups is 1. The number of halogens is 1. The molecule has 0 aliphatic heterocycles. The molecule has 28 heavy (non-hydrogen) atoms. The first kappa shape index (κ1) is 19.7. The van der Waals surface area contributed by atoms with Gasteiger partial charge >= 0.3 is 0 Å². The maximum absolute atomic E-state index is 13.2. The first-order valence-electron chi connectivity index (χ1n) is 9.50. The molecule has 0 fully saturated rings. The van der Waals surface area contributed by atoms with Gasteiger partial charge in [-0.15, -0.1) is 5.10 Å². The summed E-state index contributed by atoms with van der Waals surface area (Å²) in [6.45, 7) is 3.33. The van der Waals surface area contributed by atoms with Gasteiger partial charge in [-0.3, -0.25) is 4.79 Å². The van der Waals surface area contributed by atoms with Crippen LogP contribution in [0.5, 0.6) is 0 Å². The lowest BCUT2D eigenvalue weighted by atomic mass is 10.1. The molecule has 0 unspecified atom stereocenters. The van der Waals surface area contributed by atoms with E-state index in [0.717, 1.165) is 36.1 Å². The zero-order valence-electron chi connectivity index (χ0n) is 16.0. The minimum Gasteiger partial charge on any atom is -0.338 e. The molecule has 7 heteroatoms. The van der Waals surface area contributed by atoms with E-state index in [-0.39, 0.29) is 11.7 Å². The summed E-state index contributed by atoms with van der Waals surface area (Å²) in [7, 11) is 0. The van der Waals surface area contributed by atoms with Crippen molar-refractivity contribution in [1.82, 2.24) is 25.1 Å². The molecule has 6 nitrogen and oxygen atoms in total. The third-order valence-electron chi connectivity index (χ3n) is 4.58. The van der Waals surface area contributed by atoms with Crippen LogP contribution in [0.25, 0.3) is 5.69 Å². The van der Waals surface area contributed by atoms with Gasteiger partial charge in [0.25, 0.3) is 0 Å². The van der Waals surface area contributed by atoms with Crippen molar-refractivity contribution in [3.63, 3.8) is 0 Å². The summed E-state index contributed by atoms with van der Waals surface area (Å²) in [6, 6.07) is 13.9. The highest BCUT2D eigenvalue weighted by atomic mass is 19.1. The highest BCUT2D eigenvalue weighted by Crippen LogP contribution is 2.13. The fourth-order valence-electron chi connectivity index (χ4n) is 2.99. The van der Waals surface area contributed by atoms with Gasteiger partial charge in [0, 0.05) is 13.1 Å². The number of benzene rings is 2. The zero-order chi connectivity index (χ0) is 19.8. The first-order valence-corrected chi connectivity index (χ1v) is 9.50. The van der Waals surface area contributed by atoms with Crippen LogP contribution < -0.4 is 0 Å². The molecular formula is C21H24FN5O. The average molecular weight is 381 g/mol. The van der Waals surface area contributed by atoms with Crippen molar-refractivity contribution in [1.29, 1.82) is 0 Å². The Morgan fingerprint density at radius 1 is 1.04 bits per heavy atom. The van der Waals surface area contributed by atoms with Crippen molar-refractivity contribution in [2.24, 2.45) is 0 Å². The second-order valence-electron chi connectivity index (χ2n) is 6.75. The quantitative estimate of drug-likeness (QED) is 0.532. The van der Waals surface area contributed by atoms with Crippen molar-refractivity contribution in [3.05, 3.63) is 71.8 Å². The Morgan fingerprint density at radius 2 is 1.75 bits per heavy atom. The van der Waals surface area contributed by atoms with E-state index >= 15 is 0 Å². The normalized spacial score (nSPS) is 10.8. The van der Waals surface area contributed by atoms with Crippen LogP contribution in [0.2, 0.25) is 0 Å². The number of amides is 1. The smallest absolute Gasteiger partial charge is 0.227 e. The monoisotopic (exact) mass is 381 g/mol. The number of hydrogen-bond acceptors (Lipinski definition) is 4. The zero-order valence-corrected chi connectivity index (χ0v) is 16.0. The van der Waals surface area contributed by atoms with E-state index in [1.54, 1.807) is 16.8 Å². The average Bonchev–Trinajstić information content (AvgIpc) is 3.24. The number of nitrogens with zero attached hydrogens (tertiary/aromatic N) is 5. The Kier molecular flexibility index (Phi) is 6.84. The number of carbonyl (C=O) groups excluding carboxylic acids is 1. The Bertz CT molecular complexity index is 863. The fourth-order valence-corrected chi connectivity index (χ4v) is 2.99. The predicted molar refractivity (Wildman–Crippen MR) is 104 cm³/mol. The topological polar surface area (TPSA) is 63.9 Å². The molecule has 3 rings (SSSR count). The van der Waals surface area contributed by atoms with Gasteiger partial charge in [-0.2, -0.15) is 0 Å². The van der Waals surface area contributed by atoms with E-state index in [4.69, 9.17) is 0 Å². The SMILES string of the molecule is CCCCCN(Cc1ccc(F)cc1)C(=O)Cc1ccc(-n2cnnn2)cc1. The largest absolute Gasteiger partial charge is 0.338 e. The van der Waals surface area contributed by atoms with Crippen LogP contribution in [-0.4, -0.2) is 37.6 Å². The summed E-state index contributed by atoms with van der Waals surface area (Å²) in [5.41, 5.74) is 2.70. The van der Waals surface area contributed by atoms with Gasteiger partial charge in [-0.25, -0.2) is 9.07 Å². The van der Waals surface area contributed by atoms with E-state index in [2.05, 4.69) is 22.4 Å². The van der Waals surface area contributed by atoms with Gasteiger partial charge in [0.2, 0.25) is 5.91 Å². The molecule has 0 radical (unpaired) electrons. The van der Waals surface area contributed by atoms with Gasteiger partial charge in [-0.05, 0) is 52.2 Å². The maximum Gasteiger partial charge on any atom is 0.227 e. The molecule has 0 saturated heterocycles. The number of unbranched alkanes of at least 4 members (excludes halogenated alkanes) is 2. The van der Waals surface area contributed by atoms with Crippen LogP contribution in [0.15, 0.2) is 54.9 Å². The molecule has 1 heterocycles. The van der Waals surface area contributed by atoms with Gasteiger partial charge in [-0.1, -0.05) is 44.0 Å². The van der Waals surface area contributed by atoms with E-state index in [1.807, 2.05) is 29.2 Å². The summed E-state index contributed by atoms with van der Waals surface area (Å²) in [5, 5.41) is 11.1. The van der Waals surface area contributed by atoms with Crippen LogP contribution in [0.3, 0.4) is 0 Å². The maximum atomic E-state index is 13.2. The van der Waals surface area contributed by atoms with E-state index < -0.39 is 0 Å². The lowest BCUT2D eigenvalue weighted by Gasteiger charge is -2.23. The van der Waals surface area contributed by atoms with E-state index in [0.29, 0.717) is 19.5 Å². The second kappa shape index (κ2) is 9.73. The van der Waals surface area contributed by atoms with Crippen molar-refractivity contribution in [2.45, 2.75) is 39.2 Å². The molecular weight excluding hydrogens is 357 g/mol. The van der Waals surface area contributed by atoms with Crippen LogP contribution in [0.1, 0.15) is 37.3 Å². The van der Waals surface area contributed by atoms with Gasteiger partial charge in [0.05, 0.1) is 12.1 Å². The predicted octanol–water partition coefficient (Wildman–Crippen LogP) is 3.56. The Morgan fingerprint density at radius 3 is 2.39 bits per heavy atom. The highest BCUT2D eigenvalue weighted by Gasteiger charge is 2.15. The molecule has 3 aromatic rings. The molecule has 0 bridgehead atoms. The van der Waals surface area contributed by atoms with Crippen LogP contribution in [0, 0.1) is 5.82 Å². The second-order valence-corrected chi connectivity index (χ2v) is 6.75. The molecule has 0 aliphatic rings. The standard InChI is InChI=1S/C21H24FN5O/c1-2-3-4-13-26(15-18-5-9-19(22)10-6-18)21(28)14-17-7-11-20(12-8-17)27-16-23-24-25-27/h5-12,16H,2-4,13-15H2,1H3. The molecule has 0 aliphatic carbocycles. The minimum atomic E-state index is -0.268. The molecule has 0 atom stereocenters. The minimum absolute atomic E-state index is 0.0654. The van der Waals surface area contributed by atoms with Crippen LogP contribution in [-0.2, 0) is 17.8 Å². The van der Waals surface area contributed by atoms with Crippen LogP contribution in [0.4, 0.5) is 4.39 Å². The number of aromatic nitrogens is 4. The summed E-state index contributed by atoms with van der Waals surface area (Å²) < 4.78 is 14.7. The van der Waals surface area contributed by atoms with Gasteiger partial charge < -0.3 is 4.90 Å². The molecule has 0 N–H and O–H groups in total. The molecule has 2 aromatic carbocycles.